The summed E-state index contributed by atoms with van der Waals surface area (Å²) in [7, 11) is 0.705. The van der Waals surface area contributed by atoms with Crippen LogP contribution in [0.5, 0.6) is 0 Å². The van der Waals surface area contributed by atoms with Crippen LogP contribution in [-0.4, -0.2) is 12.3 Å². The zero-order valence-electron chi connectivity index (χ0n) is 31.0. The Bertz CT molecular complexity index is 3920. The molecule has 0 spiro atoms. The first-order valence-corrected chi connectivity index (χ1v) is 19.8. The molecule has 0 unspecified atom stereocenters. The molecule has 1 aliphatic heterocycles. The van der Waals surface area contributed by atoms with Crippen LogP contribution in [0.15, 0.2) is 177 Å². The van der Waals surface area contributed by atoms with Gasteiger partial charge in [-0.1, -0.05) is 103 Å². The summed E-state index contributed by atoms with van der Waals surface area (Å²) in [6.45, 7) is 0. The summed E-state index contributed by atoms with van der Waals surface area (Å²) in [6.07, 6.45) is 0. The Labute approximate surface area is 330 Å². The topological polar surface area (TPSA) is 58.5 Å². The monoisotopic (exact) mass is 740 g/mol. The van der Waals surface area contributed by atoms with E-state index in [2.05, 4.69) is 155 Å². The van der Waals surface area contributed by atoms with Crippen LogP contribution in [0.3, 0.4) is 0 Å². The molecule has 0 amide bonds. The fourth-order valence-electron chi connectivity index (χ4n) is 10.0. The van der Waals surface area contributed by atoms with Gasteiger partial charge in [0, 0.05) is 77.3 Å². The number of para-hydroxylation sites is 4. The number of rotatable bonds is 2. The van der Waals surface area contributed by atoms with Crippen LogP contribution in [0.25, 0.3) is 110 Å². The van der Waals surface area contributed by atoms with Gasteiger partial charge in [-0.2, -0.15) is 0 Å². The summed E-state index contributed by atoms with van der Waals surface area (Å²) in [6, 6.07) is 58.4. The first kappa shape index (κ1) is 30.5. The number of nitrogens with zero attached hydrogens (tertiary/aromatic N) is 1. The fraction of sp³-hybridized carbons (Fsp3) is 0. The molecular formula is C52H29BN2O3. The standard InChI is InChI=1S/C52H29BN2O3/c1-2-11-29-23-40-36(22-28(29)10-1)33-15-9-16-35(52(33)54-40)50-49-34-14-5-8-19-45(34)58-48(49)27-42-51(50)53-39-26-47-38(32-13-4-7-18-44(32)57-47)25-41(39)55(42)30-20-21-46-37(24-30)31-12-3-6-17-43(31)56-46/h1-27,53-54H. The molecule has 0 saturated carbocycles. The van der Waals surface area contributed by atoms with Crippen LogP contribution in [0.2, 0.25) is 0 Å². The van der Waals surface area contributed by atoms with E-state index in [1.54, 1.807) is 0 Å². The van der Waals surface area contributed by atoms with E-state index in [4.69, 9.17) is 13.3 Å². The molecule has 0 bridgehead atoms. The van der Waals surface area contributed by atoms with Gasteiger partial charge in [0.25, 0.3) is 0 Å². The molecule has 0 radical (unpaired) electrons. The van der Waals surface area contributed by atoms with Crippen molar-refractivity contribution < 1.29 is 13.3 Å². The summed E-state index contributed by atoms with van der Waals surface area (Å²) in [5.41, 5.74) is 15.5. The Morgan fingerprint density at radius 2 is 1.07 bits per heavy atom. The van der Waals surface area contributed by atoms with E-state index >= 15 is 0 Å². The van der Waals surface area contributed by atoms with Gasteiger partial charge in [-0.05, 0) is 82.5 Å². The number of anilines is 3. The Hall–Kier alpha value is -7.70. The van der Waals surface area contributed by atoms with Gasteiger partial charge in [0.15, 0.2) is 7.28 Å². The number of H-pyrrole nitrogens is 1. The molecule has 5 heterocycles. The van der Waals surface area contributed by atoms with Gasteiger partial charge in [-0.25, -0.2) is 0 Å². The van der Waals surface area contributed by atoms with Gasteiger partial charge in [0.2, 0.25) is 0 Å². The highest BCUT2D eigenvalue weighted by molar-refractivity contribution is 6.74. The molecule has 1 N–H and O–H groups in total. The second-order valence-corrected chi connectivity index (χ2v) is 15.7. The molecule has 0 fully saturated rings. The number of fused-ring (bicyclic) bond motifs is 15. The van der Waals surface area contributed by atoms with E-state index in [0.717, 1.165) is 99.5 Å². The number of furan rings is 3. The molecule has 9 aromatic carbocycles. The lowest BCUT2D eigenvalue weighted by atomic mass is 9.57. The van der Waals surface area contributed by atoms with Crippen molar-refractivity contribution in [2.75, 3.05) is 4.90 Å². The SMILES string of the molecule is B1c2cc3oc4ccccc4c3cc2N(c2ccc3oc4ccccc4c3c2)c2cc3oc4ccccc4c3c(-c3cccc4c3[nH]c3cc5ccccc5cc34)c21. The van der Waals surface area contributed by atoms with Crippen LogP contribution in [-0.2, 0) is 0 Å². The number of benzene rings is 9. The molecule has 0 saturated heterocycles. The van der Waals surface area contributed by atoms with E-state index < -0.39 is 0 Å². The zero-order chi connectivity index (χ0) is 37.6. The highest BCUT2D eigenvalue weighted by Crippen LogP contribution is 2.47. The Balaban J connectivity index is 1.12. The van der Waals surface area contributed by atoms with Gasteiger partial charge in [-0.3, -0.25) is 0 Å². The molecule has 14 rings (SSSR count). The Morgan fingerprint density at radius 1 is 0.431 bits per heavy atom. The molecule has 13 aromatic rings. The average molecular weight is 741 g/mol. The smallest absolute Gasteiger partial charge is 0.198 e. The largest absolute Gasteiger partial charge is 0.456 e. The maximum atomic E-state index is 6.84. The van der Waals surface area contributed by atoms with Crippen molar-refractivity contribution in [3.63, 3.8) is 0 Å². The van der Waals surface area contributed by atoms with Gasteiger partial charge in [-0.15, -0.1) is 0 Å². The highest BCUT2D eigenvalue weighted by atomic mass is 16.3. The van der Waals surface area contributed by atoms with Gasteiger partial charge in [0.05, 0.1) is 5.52 Å². The maximum Gasteiger partial charge on any atom is 0.198 e. The fourth-order valence-corrected chi connectivity index (χ4v) is 10.0. The first-order valence-electron chi connectivity index (χ1n) is 19.8. The summed E-state index contributed by atoms with van der Waals surface area (Å²) in [4.78, 5) is 6.35. The van der Waals surface area contributed by atoms with Crippen LogP contribution in [0, 0.1) is 0 Å². The Kier molecular flexibility index (Phi) is 5.78. The number of hydrogen-bond acceptors (Lipinski definition) is 4. The summed E-state index contributed by atoms with van der Waals surface area (Å²) >= 11 is 0. The molecule has 268 valence electrons. The lowest BCUT2D eigenvalue weighted by molar-refractivity contribution is 0.668. The molecule has 1 aliphatic rings. The third-order valence-electron chi connectivity index (χ3n) is 12.6. The van der Waals surface area contributed by atoms with E-state index in [1.807, 2.05) is 18.2 Å². The van der Waals surface area contributed by atoms with E-state index in [1.165, 1.54) is 38.0 Å². The second kappa shape index (κ2) is 11.0. The van der Waals surface area contributed by atoms with Crippen molar-refractivity contribution in [1.82, 2.24) is 4.98 Å². The average Bonchev–Trinajstić information content (AvgIpc) is 4.03. The zero-order valence-corrected chi connectivity index (χ0v) is 31.0. The molecule has 5 nitrogen and oxygen atoms in total. The number of nitrogens with one attached hydrogen (secondary N) is 1. The number of aromatic amines is 1. The minimum Gasteiger partial charge on any atom is -0.456 e. The summed E-state index contributed by atoms with van der Waals surface area (Å²) < 4.78 is 19.7. The molecule has 4 aromatic heterocycles. The lowest BCUT2D eigenvalue weighted by Crippen LogP contribution is -2.41. The Morgan fingerprint density at radius 3 is 1.88 bits per heavy atom. The van der Waals surface area contributed by atoms with Gasteiger partial charge >= 0.3 is 0 Å². The first-order chi connectivity index (χ1) is 28.7. The van der Waals surface area contributed by atoms with Crippen LogP contribution < -0.4 is 15.8 Å². The van der Waals surface area contributed by atoms with Crippen LogP contribution in [0.4, 0.5) is 17.1 Å². The van der Waals surface area contributed by atoms with E-state index in [9.17, 15) is 0 Å². The quantitative estimate of drug-likeness (QED) is 0.179. The van der Waals surface area contributed by atoms with Crippen molar-refractivity contribution >= 4 is 134 Å². The molecular weight excluding hydrogens is 711 g/mol. The predicted molar refractivity (Wildman–Crippen MR) is 242 cm³/mol. The highest BCUT2D eigenvalue weighted by Gasteiger charge is 2.32. The number of aromatic nitrogens is 1. The minimum atomic E-state index is 0.705. The van der Waals surface area contributed by atoms with Crippen molar-refractivity contribution in [2.24, 2.45) is 0 Å². The third-order valence-corrected chi connectivity index (χ3v) is 12.6. The molecule has 0 aliphatic carbocycles. The molecule has 0 atom stereocenters. The number of hydrogen-bond donors (Lipinski definition) is 1. The van der Waals surface area contributed by atoms with Crippen LogP contribution >= 0.6 is 0 Å². The molecule has 58 heavy (non-hydrogen) atoms. The molecule has 6 heteroatoms. The lowest BCUT2D eigenvalue weighted by Gasteiger charge is -2.35. The van der Waals surface area contributed by atoms with Crippen molar-refractivity contribution in [3.8, 4) is 11.1 Å². The predicted octanol–water partition coefficient (Wildman–Crippen LogP) is 13.0. The van der Waals surface area contributed by atoms with E-state index in [0.29, 0.717) is 7.28 Å². The summed E-state index contributed by atoms with van der Waals surface area (Å²) in [5, 5.41) is 11.5. The third kappa shape index (κ3) is 4.05. The summed E-state index contributed by atoms with van der Waals surface area (Å²) in [5.74, 6) is 0. The van der Waals surface area contributed by atoms with Gasteiger partial charge in [0.1, 0.15) is 33.5 Å². The van der Waals surface area contributed by atoms with Crippen molar-refractivity contribution in [3.05, 3.63) is 164 Å². The van der Waals surface area contributed by atoms with Crippen molar-refractivity contribution in [2.45, 2.75) is 0 Å². The van der Waals surface area contributed by atoms with Crippen molar-refractivity contribution in [1.29, 1.82) is 0 Å². The maximum absolute atomic E-state index is 6.84. The van der Waals surface area contributed by atoms with Gasteiger partial charge < -0.3 is 23.1 Å². The second-order valence-electron chi connectivity index (χ2n) is 15.7. The van der Waals surface area contributed by atoms with E-state index in [-0.39, 0.29) is 0 Å². The minimum absolute atomic E-state index is 0.705. The van der Waals surface area contributed by atoms with Crippen LogP contribution in [0.1, 0.15) is 0 Å². The normalized spacial score (nSPS) is 12.9.